The quantitative estimate of drug-likeness (QED) is 0.905. The molecule has 1 aromatic carbocycles. The van der Waals surface area contributed by atoms with Crippen molar-refractivity contribution in [3.05, 3.63) is 29.8 Å². The van der Waals surface area contributed by atoms with Crippen molar-refractivity contribution in [2.24, 2.45) is 11.7 Å². The molecule has 3 nitrogen and oxygen atoms in total. The SMILES string of the molecule is CCOc1ccc(C2CC(N)CN(C(C)C3CC3)C2)cc1. The number of ether oxygens (including phenoxy) is 1. The third-order valence-electron chi connectivity index (χ3n) is 5.05. The van der Waals surface area contributed by atoms with Crippen LogP contribution in [-0.4, -0.2) is 36.7 Å². The van der Waals surface area contributed by atoms with Gasteiger partial charge in [0, 0.05) is 25.2 Å². The van der Waals surface area contributed by atoms with E-state index in [0.29, 0.717) is 18.0 Å². The van der Waals surface area contributed by atoms with E-state index >= 15 is 0 Å². The van der Waals surface area contributed by atoms with Crippen LogP contribution in [0.25, 0.3) is 0 Å². The highest BCUT2D eigenvalue weighted by Crippen LogP contribution is 2.38. The van der Waals surface area contributed by atoms with Crippen LogP contribution in [0.5, 0.6) is 5.75 Å². The Balaban J connectivity index is 1.68. The van der Waals surface area contributed by atoms with E-state index in [-0.39, 0.29) is 0 Å². The minimum Gasteiger partial charge on any atom is -0.494 e. The number of hydrogen-bond acceptors (Lipinski definition) is 3. The fourth-order valence-electron chi connectivity index (χ4n) is 3.63. The van der Waals surface area contributed by atoms with Crippen LogP contribution in [0.1, 0.15) is 44.6 Å². The zero-order chi connectivity index (χ0) is 14.8. The summed E-state index contributed by atoms with van der Waals surface area (Å²) in [5.74, 6) is 2.44. The molecule has 2 N–H and O–H groups in total. The fraction of sp³-hybridized carbons (Fsp3) is 0.667. The van der Waals surface area contributed by atoms with E-state index in [1.165, 1.54) is 18.4 Å². The number of nitrogens with two attached hydrogens (primary N) is 1. The van der Waals surface area contributed by atoms with E-state index in [4.69, 9.17) is 10.5 Å². The molecule has 1 saturated heterocycles. The molecular weight excluding hydrogens is 260 g/mol. The van der Waals surface area contributed by atoms with Gasteiger partial charge in [0.05, 0.1) is 6.61 Å². The van der Waals surface area contributed by atoms with Gasteiger partial charge in [0.2, 0.25) is 0 Å². The molecule has 116 valence electrons. The van der Waals surface area contributed by atoms with Crippen LogP contribution in [0.3, 0.4) is 0 Å². The zero-order valence-corrected chi connectivity index (χ0v) is 13.3. The van der Waals surface area contributed by atoms with Crippen LogP contribution in [0.15, 0.2) is 24.3 Å². The predicted molar refractivity (Wildman–Crippen MR) is 86.7 cm³/mol. The Morgan fingerprint density at radius 2 is 1.95 bits per heavy atom. The van der Waals surface area contributed by atoms with Gasteiger partial charge in [0.25, 0.3) is 0 Å². The summed E-state index contributed by atoms with van der Waals surface area (Å²) in [5, 5.41) is 0. The van der Waals surface area contributed by atoms with Crippen molar-refractivity contribution in [3.8, 4) is 5.75 Å². The summed E-state index contributed by atoms with van der Waals surface area (Å²) >= 11 is 0. The maximum absolute atomic E-state index is 6.32. The van der Waals surface area contributed by atoms with Crippen LogP contribution in [-0.2, 0) is 0 Å². The summed E-state index contributed by atoms with van der Waals surface area (Å²) in [6, 6.07) is 9.61. The van der Waals surface area contributed by atoms with Gasteiger partial charge in [-0.25, -0.2) is 0 Å². The number of benzene rings is 1. The zero-order valence-electron chi connectivity index (χ0n) is 13.3. The van der Waals surface area contributed by atoms with Gasteiger partial charge in [-0.1, -0.05) is 12.1 Å². The van der Waals surface area contributed by atoms with Crippen molar-refractivity contribution in [1.29, 1.82) is 0 Å². The average molecular weight is 288 g/mol. The molecule has 3 heteroatoms. The summed E-state index contributed by atoms with van der Waals surface area (Å²) in [4.78, 5) is 2.62. The van der Waals surface area contributed by atoms with Gasteiger partial charge in [-0.2, -0.15) is 0 Å². The van der Waals surface area contributed by atoms with Gasteiger partial charge < -0.3 is 10.5 Å². The van der Waals surface area contributed by atoms with E-state index < -0.39 is 0 Å². The molecular formula is C18H28N2O. The van der Waals surface area contributed by atoms with Crippen LogP contribution in [0, 0.1) is 5.92 Å². The van der Waals surface area contributed by atoms with Gasteiger partial charge in [0.15, 0.2) is 0 Å². The monoisotopic (exact) mass is 288 g/mol. The predicted octanol–water partition coefficient (Wildman–Crippen LogP) is 3.00. The van der Waals surface area contributed by atoms with E-state index in [2.05, 4.69) is 36.1 Å². The molecule has 3 rings (SSSR count). The highest BCUT2D eigenvalue weighted by molar-refractivity contribution is 5.30. The van der Waals surface area contributed by atoms with Crippen LogP contribution in [0.4, 0.5) is 0 Å². The van der Waals surface area contributed by atoms with Crippen LogP contribution < -0.4 is 10.5 Å². The number of hydrogen-bond donors (Lipinski definition) is 1. The molecule has 0 spiro atoms. The third-order valence-corrected chi connectivity index (χ3v) is 5.05. The molecule has 3 unspecified atom stereocenters. The lowest BCUT2D eigenvalue weighted by molar-refractivity contribution is 0.130. The van der Waals surface area contributed by atoms with Gasteiger partial charge >= 0.3 is 0 Å². The molecule has 1 aliphatic carbocycles. The fourth-order valence-corrected chi connectivity index (χ4v) is 3.63. The minimum atomic E-state index is 0.302. The number of likely N-dealkylation sites (tertiary alicyclic amines) is 1. The number of piperidine rings is 1. The Labute approximate surface area is 128 Å². The van der Waals surface area contributed by atoms with E-state index in [0.717, 1.165) is 37.8 Å². The molecule has 1 aliphatic heterocycles. The van der Waals surface area contributed by atoms with E-state index in [1.54, 1.807) is 0 Å². The molecule has 1 heterocycles. The Morgan fingerprint density at radius 1 is 1.24 bits per heavy atom. The lowest BCUT2D eigenvalue weighted by Gasteiger charge is -2.40. The molecule has 0 bridgehead atoms. The van der Waals surface area contributed by atoms with Gasteiger partial charge in [-0.15, -0.1) is 0 Å². The first kappa shape index (κ1) is 14.9. The number of nitrogens with zero attached hydrogens (tertiary/aromatic N) is 1. The molecule has 2 aliphatic rings. The standard InChI is InChI=1S/C18H28N2O/c1-3-21-18-8-6-15(7-9-18)16-10-17(19)12-20(11-16)13(2)14-4-5-14/h6-9,13-14,16-17H,3-5,10-12,19H2,1-2H3. The molecule has 0 radical (unpaired) electrons. The lowest BCUT2D eigenvalue weighted by Crippen LogP contribution is -2.50. The van der Waals surface area contributed by atoms with Crippen molar-refractivity contribution in [3.63, 3.8) is 0 Å². The molecule has 3 atom stereocenters. The first-order chi connectivity index (χ1) is 10.2. The molecule has 0 aromatic heterocycles. The topological polar surface area (TPSA) is 38.5 Å². The minimum absolute atomic E-state index is 0.302. The summed E-state index contributed by atoms with van der Waals surface area (Å²) < 4.78 is 5.53. The first-order valence-electron chi connectivity index (χ1n) is 8.39. The molecule has 1 aromatic rings. The second-order valence-electron chi connectivity index (χ2n) is 6.73. The second-order valence-corrected chi connectivity index (χ2v) is 6.73. The third kappa shape index (κ3) is 3.58. The van der Waals surface area contributed by atoms with Crippen molar-refractivity contribution < 1.29 is 4.74 Å². The van der Waals surface area contributed by atoms with Gasteiger partial charge in [-0.3, -0.25) is 4.90 Å². The molecule has 0 amide bonds. The van der Waals surface area contributed by atoms with E-state index in [9.17, 15) is 0 Å². The molecule has 21 heavy (non-hydrogen) atoms. The van der Waals surface area contributed by atoms with Crippen molar-refractivity contribution in [2.45, 2.75) is 51.1 Å². The highest BCUT2D eigenvalue weighted by Gasteiger charge is 2.36. The Bertz CT molecular complexity index is 455. The number of rotatable bonds is 5. The van der Waals surface area contributed by atoms with Crippen molar-refractivity contribution >= 4 is 0 Å². The first-order valence-corrected chi connectivity index (χ1v) is 8.39. The Hall–Kier alpha value is -1.06. The molecule has 1 saturated carbocycles. The van der Waals surface area contributed by atoms with Crippen LogP contribution >= 0.6 is 0 Å². The summed E-state index contributed by atoms with van der Waals surface area (Å²) in [6.45, 7) is 7.33. The van der Waals surface area contributed by atoms with Crippen molar-refractivity contribution in [1.82, 2.24) is 4.90 Å². The van der Waals surface area contributed by atoms with Gasteiger partial charge in [0.1, 0.15) is 5.75 Å². The Kier molecular flexibility index (Phi) is 4.51. The van der Waals surface area contributed by atoms with Gasteiger partial charge in [-0.05, 0) is 62.6 Å². The van der Waals surface area contributed by atoms with Crippen LogP contribution in [0.2, 0.25) is 0 Å². The lowest BCUT2D eigenvalue weighted by atomic mass is 9.87. The second kappa shape index (κ2) is 6.37. The summed E-state index contributed by atoms with van der Waals surface area (Å²) in [6.07, 6.45) is 3.91. The summed E-state index contributed by atoms with van der Waals surface area (Å²) in [5.41, 5.74) is 7.73. The molecule has 2 fully saturated rings. The Morgan fingerprint density at radius 3 is 2.57 bits per heavy atom. The maximum atomic E-state index is 6.32. The average Bonchev–Trinajstić information content (AvgIpc) is 3.31. The van der Waals surface area contributed by atoms with E-state index in [1.807, 2.05) is 6.92 Å². The normalized spacial score (nSPS) is 28.3. The largest absolute Gasteiger partial charge is 0.494 e. The van der Waals surface area contributed by atoms with Crippen molar-refractivity contribution in [2.75, 3.05) is 19.7 Å². The maximum Gasteiger partial charge on any atom is 0.119 e. The summed E-state index contributed by atoms with van der Waals surface area (Å²) in [7, 11) is 0. The highest BCUT2D eigenvalue weighted by atomic mass is 16.5. The smallest absolute Gasteiger partial charge is 0.119 e.